The van der Waals surface area contributed by atoms with E-state index < -0.39 is 0 Å². The second-order valence-corrected chi connectivity index (χ2v) is 9.26. The molecule has 0 saturated carbocycles. The average molecular weight is 446 g/mol. The van der Waals surface area contributed by atoms with Crippen LogP contribution in [0.1, 0.15) is 135 Å². The Labute approximate surface area is 199 Å². The Kier molecular flexibility index (Phi) is 19.0. The molecule has 3 heteroatoms. The molecule has 3 nitrogen and oxygen atoms in total. The molecule has 1 aromatic rings. The highest BCUT2D eigenvalue weighted by molar-refractivity contribution is 5.83. The van der Waals surface area contributed by atoms with Crippen molar-refractivity contribution in [2.24, 2.45) is 4.99 Å². The fourth-order valence-electron chi connectivity index (χ4n) is 4.00. The number of unbranched alkanes of at least 4 members (excludes halogenated alkanes) is 16. The van der Waals surface area contributed by atoms with Gasteiger partial charge in [0.15, 0.2) is 0 Å². The number of benzene rings is 1. The van der Waals surface area contributed by atoms with E-state index in [4.69, 9.17) is 4.74 Å². The molecule has 0 aromatic heterocycles. The Morgan fingerprint density at radius 3 is 1.72 bits per heavy atom. The van der Waals surface area contributed by atoms with Crippen LogP contribution in [0.25, 0.3) is 0 Å². The molecule has 0 spiro atoms. The van der Waals surface area contributed by atoms with Crippen molar-refractivity contribution in [2.75, 3.05) is 13.2 Å². The zero-order valence-electron chi connectivity index (χ0n) is 21.3. The Hall–Kier alpha value is -1.51. The lowest BCUT2D eigenvalue weighted by atomic mass is 10.1. The minimum atomic E-state index is 0.254. The molecule has 1 N–H and O–H groups in total. The maximum absolute atomic E-state index is 10.2. The number of aromatic hydroxyl groups is 1. The molecule has 0 aliphatic heterocycles. The van der Waals surface area contributed by atoms with E-state index in [1.165, 1.54) is 103 Å². The number of hydrogen-bond acceptors (Lipinski definition) is 3. The van der Waals surface area contributed by atoms with Gasteiger partial charge in [0, 0.05) is 24.4 Å². The zero-order valence-corrected chi connectivity index (χ0v) is 21.3. The molecule has 1 rings (SSSR count). The minimum Gasteiger partial charge on any atom is -0.507 e. The largest absolute Gasteiger partial charge is 0.507 e. The van der Waals surface area contributed by atoms with Crippen LogP contribution in [0.5, 0.6) is 11.5 Å². The number of rotatable bonds is 22. The first kappa shape index (κ1) is 28.5. The predicted molar refractivity (Wildman–Crippen MR) is 141 cm³/mol. The number of phenols is 1. The van der Waals surface area contributed by atoms with Gasteiger partial charge in [0.05, 0.1) is 6.61 Å². The van der Waals surface area contributed by atoms with Crippen molar-refractivity contribution < 1.29 is 9.84 Å². The molecule has 0 unspecified atom stereocenters. The molecular formula is C29H51NO2. The van der Waals surface area contributed by atoms with Crippen LogP contribution in [0, 0.1) is 0 Å². The first-order valence-corrected chi connectivity index (χ1v) is 13.7. The van der Waals surface area contributed by atoms with Gasteiger partial charge in [-0.1, -0.05) is 117 Å². The molecule has 0 fully saturated rings. The quantitative estimate of drug-likeness (QED) is 0.143. The van der Waals surface area contributed by atoms with E-state index in [1.807, 2.05) is 12.1 Å². The average Bonchev–Trinajstić information content (AvgIpc) is 2.80. The van der Waals surface area contributed by atoms with Gasteiger partial charge in [-0.25, -0.2) is 0 Å². The normalized spacial score (nSPS) is 11.4. The van der Waals surface area contributed by atoms with Gasteiger partial charge < -0.3 is 9.84 Å². The smallest absolute Gasteiger partial charge is 0.128 e. The van der Waals surface area contributed by atoms with Crippen LogP contribution in [0.2, 0.25) is 0 Å². The number of aliphatic imine (C=N–C) groups is 1. The molecule has 0 aliphatic rings. The third-order valence-corrected chi connectivity index (χ3v) is 6.14. The molecule has 0 atom stereocenters. The number of phenolic OH excluding ortho intramolecular Hbond substituents is 1. The van der Waals surface area contributed by atoms with E-state index in [0.717, 1.165) is 37.3 Å². The zero-order chi connectivity index (χ0) is 23.1. The van der Waals surface area contributed by atoms with E-state index in [9.17, 15) is 5.11 Å². The molecule has 0 heterocycles. The number of ether oxygens (including phenoxy) is 1. The van der Waals surface area contributed by atoms with Crippen molar-refractivity contribution in [3.8, 4) is 11.5 Å². The molecule has 32 heavy (non-hydrogen) atoms. The van der Waals surface area contributed by atoms with Crippen LogP contribution >= 0.6 is 0 Å². The fourth-order valence-corrected chi connectivity index (χ4v) is 4.00. The highest BCUT2D eigenvalue weighted by atomic mass is 16.5. The lowest BCUT2D eigenvalue weighted by molar-refractivity contribution is 0.302. The molecule has 0 bridgehead atoms. The van der Waals surface area contributed by atoms with Crippen molar-refractivity contribution >= 4 is 6.21 Å². The van der Waals surface area contributed by atoms with Crippen molar-refractivity contribution in [1.29, 1.82) is 0 Å². The summed E-state index contributed by atoms with van der Waals surface area (Å²) in [6.07, 6.45) is 25.6. The molecular weight excluding hydrogens is 394 g/mol. The van der Waals surface area contributed by atoms with Gasteiger partial charge in [-0.2, -0.15) is 0 Å². The van der Waals surface area contributed by atoms with Crippen LogP contribution < -0.4 is 4.74 Å². The first-order valence-electron chi connectivity index (χ1n) is 13.7. The molecule has 0 saturated heterocycles. The van der Waals surface area contributed by atoms with Crippen molar-refractivity contribution in [3.05, 3.63) is 23.8 Å². The van der Waals surface area contributed by atoms with Crippen molar-refractivity contribution in [1.82, 2.24) is 0 Å². The van der Waals surface area contributed by atoms with E-state index in [1.54, 1.807) is 12.3 Å². The lowest BCUT2D eigenvalue weighted by Gasteiger charge is -2.08. The summed E-state index contributed by atoms with van der Waals surface area (Å²) in [4.78, 5) is 4.46. The summed E-state index contributed by atoms with van der Waals surface area (Å²) >= 11 is 0. The molecule has 1 aromatic carbocycles. The Morgan fingerprint density at radius 1 is 0.688 bits per heavy atom. The van der Waals surface area contributed by atoms with Gasteiger partial charge in [-0.15, -0.1) is 0 Å². The summed E-state index contributed by atoms with van der Waals surface area (Å²) in [5, 5.41) is 10.2. The highest BCUT2D eigenvalue weighted by Gasteiger charge is 2.02. The Morgan fingerprint density at radius 2 is 1.19 bits per heavy atom. The Bertz CT molecular complexity index is 570. The number of nitrogens with zero attached hydrogens (tertiary/aromatic N) is 1. The summed E-state index contributed by atoms with van der Waals surface area (Å²) in [6.45, 7) is 6.08. The topological polar surface area (TPSA) is 41.8 Å². The molecule has 0 amide bonds. The van der Waals surface area contributed by atoms with E-state index in [0.29, 0.717) is 0 Å². The molecule has 0 radical (unpaired) electrons. The van der Waals surface area contributed by atoms with Crippen molar-refractivity contribution in [3.63, 3.8) is 0 Å². The summed E-state index contributed by atoms with van der Waals surface area (Å²) < 4.78 is 5.82. The van der Waals surface area contributed by atoms with Crippen molar-refractivity contribution in [2.45, 2.75) is 129 Å². The molecule has 0 aliphatic carbocycles. The third kappa shape index (κ3) is 16.2. The van der Waals surface area contributed by atoms with Gasteiger partial charge in [0.2, 0.25) is 0 Å². The van der Waals surface area contributed by atoms with Crippen LogP contribution in [0.15, 0.2) is 23.2 Å². The fraction of sp³-hybridized carbons (Fsp3) is 0.759. The van der Waals surface area contributed by atoms with Crippen LogP contribution in [0.4, 0.5) is 0 Å². The van der Waals surface area contributed by atoms with Crippen LogP contribution in [-0.2, 0) is 0 Å². The predicted octanol–water partition coefficient (Wildman–Crippen LogP) is 9.25. The first-order chi connectivity index (χ1) is 15.8. The maximum Gasteiger partial charge on any atom is 0.128 e. The summed E-state index contributed by atoms with van der Waals surface area (Å²) in [6, 6.07) is 5.55. The van der Waals surface area contributed by atoms with Crippen LogP contribution in [-0.4, -0.2) is 24.5 Å². The maximum atomic E-state index is 10.2. The van der Waals surface area contributed by atoms with E-state index in [-0.39, 0.29) is 5.75 Å². The van der Waals surface area contributed by atoms with E-state index in [2.05, 4.69) is 18.8 Å². The summed E-state index contributed by atoms with van der Waals surface area (Å²) in [7, 11) is 0. The van der Waals surface area contributed by atoms with Gasteiger partial charge in [-0.05, 0) is 25.0 Å². The minimum absolute atomic E-state index is 0.254. The van der Waals surface area contributed by atoms with Gasteiger partial charge >= 0.3 is 0 Å². The lowest BCUT2D eigenvalue weighted by Crippen LogP contribution is -1.97. The highest BCUT2D eigenvalue weighted by Crippen LogP contribution is 2.23. The van der Waals surface area contributed by atoms with Crippen LogP contribution in [0.3, 0.4) is 0 Å². The van der Waals surface area contributed by atoms with Gasteiger partial charge in [0.1, 0.15) is 11.5 Å². The van der Waals surface area contributed by atoms with Gasteiger partial charge in [-0.3, -0.25) is 4.99 Å². The number of hydrogen-bond donors (Lipinski definition) is 1. The second kappa shape index (κ2) is 21.3. The monoisotopic (exact) mass is 445 g/mol. The standard InChI is InChI=1S/C29H51NO2/c1-3-5-7-9-11-12-13-14-15-16-18-20-24-32-28-22-21-27(29(31)25-28)26-30-23-19-17-10-8-6-4-2/h21-22,25-26,31H,3-20,23-24H2,1-2H3. The molecule has 184 valence electrons. The third-order valence-electron chi connectivity index (χ3n) is 6.14. The summed E-state index contributed by atoms with van der Waals surface area (Å²) in [5.41, 5.74) is 0.772. The Balaban J connectivity index is 2.02. The SMILES string of the molecule is CCCCCCCCCCCCCCOc1ccc(C=NCCCCCCCC)c(O)c1. The van der Waals surface area contributed by atoms with E-state index >= 15 is 0 Å². The summed E-state index contributed by atoms with van der Waals surface area (Å²) in [5.74, 6) is 1.00. The van der Waals surface area contributed by atoms with Gasteiger partial charge in [0.25, 0.3) is 0 Å². The second-order valence-electron chi connectivity index (χ2n) is 9.26.